The molecule has 0 saturated heterocycles. The van der Waals surface area contributed by atoms with E-state index in [0.29, 0.717) is 52.9 Å². The summed E-state index contributed by atoms with van der Waals surface area (Å²) in [5, 5.41) is 0.371. The highest BCUT2D eigenvalue weighted by atomic mass is 16.5. The second kappa shape index (κ2) is 14.1. The molecule has 224 valence electrons. The molecule has 0 aliphatic rings. The largest absolute Gasteiger partial charge is 0.493 e. The molecule has 1 aromatic heterocycles. The molecule has 0 saturated carbocycles. The molecule has 0 spiro atoms. The molecule has 0 N–H and O–H groups in total. The van der Waals surface area contributed by atoms with Gasteiger partial charge in [-0.15, -0.1) is 0 Å². The zero-order valence-corrected chi connectivity index (χ0v) is 24.8. The Labute approximate surface area is 261 Å². The van der Waals surface area contributed by atoms with Gasteiger partial charge in [-0.3, -0.25) is 4.79 Å². The Hall–Kier alpha value is -5.75. The van der Waals surface area contributed by atoms with Crippen LogP contribution in [0, 0.1) is 0 Å². The maximum absolute atomic E-state index is 13.3. The highest BCUT2D eigenvalue weighted by molar-refractivity contribution is 5.86. The van der Waals surface area contributed by atoms with Crippen LogP contribution in [0.5, 0.6) is 23.0 Å². The third kappa shape index (κ3) is 7.43. The van der Waals surface area contributed by atoms with Crippen LogP contribution in [0.15, 0.2) is 143 Å². The molecule has 6 aromatic rings. The third-order valence-corrected chi connectivity index (χ3v) is 7.14. The number of hydrogen-bond acceptors (Lipinski definition) is 6. The summed E-state index contributed by atoms with van der Waals surface area (Å²) in [5.74, 6) is 2.72. The molecule has 0 bridgehead atoms. The summed E-state index contributed by atoms with van der Waals surface area (Å²) in [6.45, 7) is 1.03. The highest BCUT2D eigenvalue weighted by Crippen LogP contribution is 2.33. The monoisotopic (exact) mass is 596 g/mol. The second-order valence-corrected chi connectivity index (χ2v) is 10.3. The van der Waals surface area contributed by atoms with Crippen molar-refractivity contribution in [3.8, 4) is 34.3 Å². The van der Waals surface area contributed by atoms with E-state index >= 15 is 0 Å². The smallest absolute Gasteiger partial charge is 0.197 e. The van der Waals surface area contributed by atoms with Gasteiger partial charge in [-0.05, 0) is 34.9 Å². The van der Waals surface area contributed by atoms with E-state index in [9.17, 15) is 4.79 Å². The van der Waals surface area contributed by atoms with E-state index in [1.165, 1.54) is 6.07 Å². The molecular formula is C39H32O6. The summed E-state index contributed by atoms with van der Waals surface area (Å²) in [4.78, 5) is 13.3. The lowest BCUT2D eigenvalue weighted by atomic mass is 10.1. The normalized spacial score (nSPS) is 11.0. The first-order chi connectivity index (χ1) is 22.2. The second-order valence-electron chi connectivity index (χ2n) is 10.3. The van der Waals surface area contributed by atoms with Gasteiger partial charge in [-0.25, -0.2) is 0 Å². The molecule has 0 aliphatic carbocycles. The van der Waals surface area contributed by atoms with E-state index in [4.69, 9.17) is 23.4 Å². The molecule has 0 unspecified atom stereocenters. The zero-order chi connectivity index (χ0) is 30.8. The topological polar surface area (TPSA) is 67.1 Å². The lowest BCUT2D eigenvalue weighted by Gasteiger charge is -2.13. The summed E-state index contributed by atoms with van der Waals surface area (Å²) in [6, 6.07) is 40.1. The fourth-order valence-electron chi connectivity index (χ4n) is 4.88. The average Bonchev–Trinajstić information content (AvgIpc) is 3.09. The van der Waals surface area contributed by atoms with Gasteiger partial charge in [-0.1, -0.05) is 103 Å². The molecule has 1 heterocycles. The Morgan fingerprint density at radius 2 is 1.29 bits per heavy atom. The fraction of sp³-hybridized carbons (Fsp3) is 0.103. The van der Waals surface area contributed by atoms with E-state index < -0.39 is 0 Å². The fourth-order valence-corrected chi connectivity index (χ4v) is 4.88. The van der Waals surface area contributed by atoms with E-state index in [2.05, 4.69) is 0 Å². The molecule has 6 rings (SSSR count). The van der Waals surface area contributed by atoms with Crippen LogP contribution in [0.1, 0.15) is 16.7 Å². The minimum absolute atomic E-state index is 0.185. The summed E-state index contributed by atoms with van der Waals surface area (Å²) in [5.41, 5.74) is 4.02. The number of methoxy groups -OCH3 is 1. The summed E-state index contributed by atoms with van der Waals surface area (Å²) >= 11 is 0. The van der Waals surface area contributed by atoms with Gasteiger partial charge in [0.05, 0.1) is 7.11 Å². The van der Waals surface area contributed by atoms with Crippen LogP contribution in [0.3, 0.4) is 0 Å². The van der Waals surface area contributed by atoms with Gasteiger partial charge in [0.2, 0.25) is 0 Å². The third-order valence-electron chi connectivity index (χ3n) is 7.14. The van der Waals surface area contributed by atoms with Crippen LogP contribution in [0.2, 0.25) is 0 Å². The quantitative estimate of drug-likeness (QED) is 0.141. The minimum Gasteiger partial charge on any atom is -0.493 e. The molecule has 0 aliphatic heterocycles. The zero-order valence-electron chi connectivity index (χ0n) is 24.8. The standard InChI is InChI=1S/C39H32O6/c1-41-36-22-28(19-20-34(36)43-26-29-12-5-2-6-13-29)16-11-21-42-32-23-37(44-27-30-14-7-3-8-15-30)39-33(40)25-35(45-38(39)24-32)31-17-9-4-10-18-31/h2-20,22-25H,21,26-27H2,1H3/b16-11+. The lowest BCUT2D eigenvalue weighted by Crippen LogP contribution is -2.05. The first-order valence-corrected chi connectivity index (χ1v) is 14.6. The van der Waals surface area contributed by atoms with Crippen LogP contribution < -0.4 is 24.4 Å². The number of benzene rings is 5. The number of hydrogen-bond donors (Lipinski definition) is 0. The summed E-state index contributed by atoms with van der Waals surface area (Å²) in [7, 11) is 1.63. The Kier molecular flexibility index (Phi) is 9.22. The molecule has 0 radical (unpaired) electrons. The van der Waals surface area contributed by atoms with Crippen LogP contribution in [-0.4, -0.2) is 13.7 Å². The van der Waals surface area contributed by atoms with Crippen LogP contribution in [0.4, 0.5) is 0 Å². The maximum atomic E-state index is 13.3. The van der Waals surface area contributed by atoms with Crippen LogP contribution >= 0.6 is 0 Å². The van der Waals surface area contributed by atoms with Crippen molar-refractivity contribution in [2.45, 2.75) is 13.2 Å². The first-order valence-electron chi connectivity index (χ1n) is 14.6. The van der Waals surface area contributed by atoms with E-state index in [-0.39, 0.29) is 12.0 Å². The summed E-state index contributed by atoms with van der Waals surface area (Å²) in [6.07, 6.45) is 3.86. The maximum Gasteiger partial charge on any atom is 0.197 e. The molecule has 0 atom stereocenters. The predicted octanol–water partition coefficient (Wildman–Crippen LogP) is 8.72. The molecule has 45 heavy (non-hydrogen) atoms. The Morgan fingerprint density at radius 1 is 0.644 bits per heavy atom. The van der Waals surface area contributed by atoms with Crippen LogP contribution in [0.25, 0.3) is 28.4 Å². The molecule has 0 fully saturated rings. The SMILES string of the molecule is COc1cc(/C=C/COc2cc(OCc3ccccc3)c3c(=O)cc(-c4ccccc4)oc3c2)ccc1OCc1ccccc1. The lowest BCUT2D eigenvalue weighted by molar-refractivity contribution is 0.284. The van der Waals surface area contributed by atoms with Gasteiger partial charge in [0.25, 0.3) is 0 Å². The van der Waals surface area contributed by atoms with Crippen molar-refractivity contribution < 1.29 is 23.4 Å². The van der Waals surface area contributed by atoms with Gasteiger partial charge in [0.1, 0.15) is 48.0 Å². The molecule has 5 aromatic carbocycles. The van der Waals surface area contributed by atoms with Crippen molar-refractivity contribution in [2.24, 2.45) is 0 Å². The van der Waals surface area contributed by atoms with Gasteiger partial charge in [0, 0.05) is 23.8 Å². The summed E-state index contributed by atoms with van der Waals surface area (Å²) < 4.78 is 30.0. The van der Waals surface area contributed by atoms with Crippen molar-refractivity contribution >= 4 is 17.0 Å². The van der Waals surface area contributed by atoms with E-state index in [1.807, 2.05) is 121 Å². The van der Waals surface area contributed by atoms with Gasteiger partial charge < -0.3 is 23.4 Å². The van der Waals surface area contributed by atoms with Crippen molar-refractivity contribution in [1.29, 1.82) is 0 Å². The predicted molar refractivity (Wildman–Crippen MR) is 177 cm³/mol. The van der Waals surface area contributed by atoms with Gasteiger partial charge >= 0.3 is 0 Å². The average molecular weight is 597 g/mol. The first kappa shape index (κ1) is 29.3. The van der Waals surface area contributed by atoms with Gasteiger partial charge in [-0.2, -0.15) is 0 Å². The Morgan fingerprint density at radius 3 is 1.96 bits per heavy atom. The van der Waals surface area contributed by atoms with Crippen molar-refractivity contribution in [3.05, 3.63) is 160 Å². The Bertz CT molecular complexity index is 1950. The minimum atomic E-state index is -0.185. The van der Waals surface area contributed by atoms with Crippen LogP contribution in [-0.2, 0) is 13.2 Å². The molecule has 0 amide bonds. The van der Waals surface area contributed by atoms with Gasteiger partial charge in [0.15, 0.2) is 16.9 Å². The van der Waals surface area contributed by atoms with E-state index in [1.54, 1.807) is 19.2 Å². The number of rotatable bonds is 12. The van der Waals surface area contributed by atoms with E-state index in [0.717, 1.165) is 22.3 Å². The van der Waals surface area contributed by atoms with Crippen molar-refractivity contribution in [1.82, 2.24) is 0 Å². The molecular weight excluding hydrogens is 564 g/mol. The molecule has 6 nitrogen and oxygen atoms in total. The highest BCUT2D eigenvalue weighted by Gasteiger charge is 2.15. The number of fused-ring (bicyclic) bond motifs is 1. The van der Waals surface area contributed by atoms with Crippen molar-refractivity contribution in [2.75, 3.05) is 13.7 Å². The Balaban J connectivity index is 1.20. The van der Waals surface area contributed by atoms with Crippen molar-refractivity contribution in [3.63, 3.8) is 0 Å². The number of ether oxygens (including phenoxy) is 4. The molecule has 6 heteroatoms.